The highest BCUT2D eigenvalue weighted by Gasteiger charge is 2.19. The predicted octanol–water partition coefficient (Wildman–Crippen LogP) is 18.7. The number of ether oxygens (including phenoxy) is 3. The fraction of sp³-hybridized carbons (Fsp3) is 0.661. The summed E-state index contributed by atoms with van der Waals surface area (Å²) in [4.78, 5) is 38.1. The molecule has 0 rings (SSSR count). The van der Waals surface area contributed by atoms with Crippen LogP contribution in [0.3, 0.4) is 0 Å². The summed E-state index contributed by atoms with van der Waals surface area (Å²) in [6.07, 6.45) is 75.1. The summed E-state index contributed by atoms with van der Waals surface area (Å²) in [5.41, 5.74) is 0. The second-order valence-electron chi connectivity index (χ2n) is 18.1. The topological polar surface area (TPSA) is 78.9 Å². The van der Waals surface area contributed by atoms with Gasteiger partial charge in [0.15, 0.2) is 6.10 Å². The second kappa shape index (κ2) is 55.7. The zero-order valence-electron chi connectivity index (χ0n) is 44.1. The fourth-order valence-corrected chi connectivity index (χ4v) is 7.36. The maximum Gasteiger partial charge on any atom is 0.306 e. The first kappa shape index (κ1) is 64.1. The van der Waals surface area contributed by atoms with Crippen LogP contribution in [0.15, 0.2) is 109 Å². The Morgan fingerprint density at radius 1 is 0.309 bits per heavy atom. The molecule has 0 bridgehead atoms. The first-order valence-electron chi connectivity index (χ1n) is 27.9. The molecule has 0 aliphatic rings. The molecule has 1 atom stereocenters. The van der Waals surface area contributed by atoms with Gasteiger partial charge in [0, 0.05) is 19.3 Å². The molecule has 0 amide bonds. The number of hydrogen-bond donors (Lipinski definition) is 0. The lowest BCUT2D eigenvalue weighted by Crippen LogP contribution is -2.30. The monoisotopic (exact) mass is 943 g/mol. The molecule has 0 saturated carbocycles. The van der Waals surface area contributed by atoms with E-state index in [9.17, 15) is 14.4 Å². The lowest BCUT2D eigenvalue weighted by Gasteiger charge is -2.18. The number of esters is 3. The van der Waals surface area contributed by atoms with E-state index in [1.807, 2.05) is 6.08 Å². The standard InChI is InChI=1S/C62H102O6/c1-4-7-10-13-16-19-22-25-28-30-31-33-34-37-40-43-46-49-52-55-61(64)67-58-59(57-66-60(63)54-51-48-45-42-39-36-27-24-21-18-15-12-9-6-3)68-62(65)56-53-50-47-44-41-38-35-32-29-26-23-20-17-14-11-8-5-2/h7,10,16-17,19-20,25-26,28-29,31,33,35,37-38,40,46,49,59H,4-6,8-9,11-15,18,21-24,27,30,32,34,36,39,41-45,47-48,50-58H2,1-3H3/b10-7+,19-16+,20-17+,28-25+,29-26+,33-31+,38-35+,40-37+,49-46+/t59-/m1/s1. The average Bonchev–Trinajstić information content (AvgIpc) is 3.34. The molecular weight excluding hydrogens is 841 g/mol. The summed E-state index contributed by atoms with van der Waals surface area (Å²) in [5, 5.41) is 0. The Morgan fingerprint density at radius 3 is 1.01 bits per heavy atom. The SMILES string of the molecule is CC/C=C/C/C=C/C/C=C/C/C=C/C/C=C/C/C=C/CCC(=O)OC[C@@H](COC(=O)CCCCCCCCCCCCCCCC)OC(=O)CCCCCC/C=C/C/C=C/C/C=C/CCCCC. The molecule has 6 nitrogen and oxygen atoms in total. The van der Waals surface area contributed by atoms with Gasteiger partial charge in [0.25, 0.3) is 0 Å². The van der Waals surface area contributed by atoms with Gasteiger partial charge in [-0.05, 0) is 96.3 Å². The molecule has 0 aliphatic carbocycles. The summed E-state index contributed by atoms with van der Waals surface area (Å²) in [6, 6.07) is 0. The molecule has 0 aromatic heterocycles. The van der Waals surface area contributed by atoms with Crippen molar-refractivity contribution >= 4 is 17.9 Å². The van der Waals surface area contributed by atoms with Gasteiger partial charge in [0.2, 0.25) is 0 Å². The van der Waals surface area contributed by atoms with E-state index in [0.29, 0.717) is 12.8 Å². The summed E-state index contributed by atoms with van der Waals surface area (Å²) in [5.74, 6) is -1.02. The van der Waals surface area contributed by atoms with Crippen molar-refractivity contribution in [2.45, 2.75) is 252 Å². The van der Waals surface area contributed by atoms with E-state index in [-0.39, 0.29) is 44.0 Å². The van der Waals surface area contributed by atoms with Crippen LogP contribution >= 0.6 is 0 Å². The zero-order valence-corrected chi connectivity index (χ0v) is 44.1. The van der Waals surface area contributed by atoms with Crippen LogP contribution in [0.5, 0.6) is 0 Å². The maximum absolute atomic E-state index is 12.8. The molecule has 0 heterocycles. The fourth-order valence-electron chi connectivity index (χ4n) is 7.36. The highest BCUT2D eigenvalue weighted by Crippen LogP contribution is 2.15. The normalized spacial score (nSPS) is 12.9. The van der Waals surface area contributed by atoms with Crippen LogP contribution in [0, 0.1) is 0 Å². The Hall–Kier alpha value is -3.93. The van der Waals surface area contributed by atoms with Crippen molar-refractivity contribution in [2.24, 2.45) is 0 Å². The third kappa shape index (κ3) is 53.0. The Morgan fingerprint density at radius 2 is 0.603 bits per heavy atom. The molecule has 0 aromatic carbocycles. The minimum Gasteiger partial charge on any atom is -0.462 e. The van der Waals surface area contributed by atoms with Crippen LogP contribution in [-0.2, 0) is 28.6 Å². The summed E-state index contributed by atoms with van der Waals surface area (Å²) >= 11 is 0. The van der Waals surface area contributed by atoms with Crippen molar-refractivity contribution in [2.75, 3.05) is 13.2 Å². The smallest absolute Gasteiger partial charge is 0.306 e. The van der Waals surface area contributed by atoms with Gasteiger partial charge in [-0.15, -0.1) is 0 Å². The lowest BCUT2D eigenvalue weighted by atomic mass is 10.0. The van der Waals surface area contributed by atoms with Crippen molar-refractivity contribution in [3.05, 3.63) is 109 Å². The lowest BCUT2D eigenvalue weighted by molar-refractivity contribution is -0.166. The summed E-state index contributed by atoms with van der Waals surface area (Å²) < 4.78 is 16.8. The van der Waals surface area contributed by atoms with Gasteiger partial charge in [0.05, 0.1) is 0 Å². The largest absolute Gasteiger partial charge is 0.462 e. The van der Waals surface area contributed by atoms with Gasteiger partial charge in [0.1, 0.15) is 13.2 Å². The van der Waals surface area contributed by atoms with Gasteiger partial charge in [-0.2, -0.15) is 0 Å². The van der Waals surface area contributed by atoms with Crippen molar-refractivity contribution < 1.29 is 28.6 Å². The van der Waals surface area contributed by atoms with Crippen molar-refractivity contribution in [1.82, 2.24) is 0 Å². The molecule has 0 spiro atoms. The van der Waals surface area contributed by atoms with E-state index in [0.717, 1.165) is 103 Å². The van der Waals surface area contributed by atoms with Crippen molar-refractivity contribution in [1.29, 1.82) is 0 Å². The van der Waals surface area contributed by atoms with Crippen LogP contribution in [0.2, 0.25) is 0 Å². The molecule has 0 saturated heterocycles. The van der Waals surface area contributed by atoms with Gasteiger partial charge in [-0.25, -0.2) is 0 Å². The number of allylic oxidation sites excluding steroid dienone is 18. The van der Waals surface area contributed by atoms with Gasteiger partial charge in [-0.1, -0.05) is 239 Å². The van der Waals surface area contributed by atoms with Crippen LogP contribution in [0.1, 0.15) is 245 Å². The zero-order chi connectivity index (χ0) is 49.3. The minimum atomic E-state index is -0.821. The van der Waals surface area contributed by atoms with Gasteiger partial charge >= 0.3 is 17.9 Å². The molecule has 68 heavy (non-hydrogen) atoms. The molecule has 0 radical (unpaired) electrons. The number of carbonyl (C=O) groups is 3. The number of hydrogen-bond acceptors (Lipinski definition) is 6. The van der Waals surface area contributed by atoms with Crippen LogP contribution < -0.4 is 0 Å². The van der Waals surface area contributed by atoms with E-state index in [2.05, 4.69) is 124 Å². The number of carbonyl (C=O) groups excluding carboxylic acids is 3. The van der Waals surface area contributed by atoms with Crippen LogP contribution in [0.25, 0.3) is 0 Å². The molecule has 0 aromatic rings. The van der Waals surface area contributed by atoms with Crippen LogP contribution in [0.4, 0.5) is 0 Å². The van der Waals surface area contributed by atoms with E-state index in [1.165, 1.54) is 96.3 Å². The first-order chi connectivity index (χ1) is 33.5. The molecule has 0 fully saturated rings. The average molecular weight is 943 g/mol. The van der Waals surface area contributed by atoms with E-state index >= 15 is 0 Å². The quantitative estimate of drug-likeness (QED) is 0.0262. The first-order valence-corrected chi connectivity index (χ1v) is 27.9. The minimum absolute atomic E-state index is 0.110. The van der Waals surface area contributed by atoms with E-state index < -0.39 is 6.10 Å². The highest BCUT2D eigenvalue weighted by atomic mass is 16.6. The highest BCUT2D eigenvalue weighted by molar-refractivity contribution is 5.71. The predicted molar refractivity (Wildman–Crippen MR) is 293 cm³/mol. The Labute approximate surface area is 419 Å². The summed E-state index contributed by atoms with van der Waals surface area (Å²) in [6.45, 7) is 6.41. The number of rotatable bonds is 49. The van der Waals surface area contributed by atoms with E-state index in [1.54, 1.807) is 0 Å². The maximum atomic E-state index is 12.8. The van der Waals surface area contributed by atoms with Gasteiger partial charge in [-0.3, -0.25) is 14.4 Å². The van der Waals surface area contributed by atoms with Crippen LogP contribution in [-0.4, -0.2) is 37.2 Å². The molecule has 0 aliphatic heterocycles. The second-order valence-corrected chi connectivity index (χ2v) is 18.1. The van der Waals surface area contributed by atoms with E-state index in [4.69, 9.17) is 14.2 Å². The Kier molecular flexibility index (Phi) is 52.4. The molecular formula is C62H102O6. The Bertz CT molecular complexity index is 1410. The molecule has 386 valence electrons. The van der Waals surface area contributed by atoms with Gasteiger partial charge < -0.3 is 14.2 Å². The van der Waals surface area contributed by atoms with Crippen molar-refractivity contribution in [3.8, 4) is 0 Å². The Balaban J connectivity index is 4.55. The van der Waals surface area contributed by atoms with Crippen molar-refractivity contribution in [3.63, 3.8) is 0 Å². The molecule has 6 heteroatoms. The molecule has 0 unspecified atom stereocenters. The number of unbranched alkanes of at least 4 members (excludes halogenated alkanes) is 20. The third-order valence-electron chi connectivity index (χ3n) is 11.5. The molecule has 0 N–H and O–H groups in total. The third-order valence-corrected chi connectivity index (χ3v) is 11.5. The summed E-state index contributed by atoms with van der Waals surface area (Å²) in [7, 11) is 0.